The third kappa shape index (κ3) is 3.76. The number of nitrogens with zero attached hydrogens (tertiary/aromatic N) is 3. The van der Waals surface area contributed by atoms with Gasteiger partial charge in [-0.2, -0.15) is 5.10 Å². The number of carbonyl (C=O) groups is 1. The van der Waals surface area contributed by atoms with Gasteiger partial charge in [-0.05, 0) is 38.5 Å². The topological polar surface area (TPSA) is 89.9 Å². The molecule has 0 aliphatic carbocycles. The van der Waals surface area contributed by atoms with E-state index in [-0.39, 0.29) is 24.6 Å². The summed E-state index contributed by atoms with van der Waals surface area (Å²) in [7, 11) is 0. The summed E-state index contributed by atoms with van der Waals surface area (Å²) in [5, 5.41) is 4.83. The molecular formula is C18H20N4O3. The van der Waals surface area contributed by atoms with Crippen LogP contribution in [0, 0.1) is 20.8 Å². The number of carbonyl (C=O) groups excluding carboxylic acids is 1. The van der Waals surface area contributed by atoms with Crippen LogP contribution < -0.4 is 5.56 Å². The molecule has 3 rings (SSSR count). The van der Waals surface area contributed by atoms with E-state index in [0.29, 0.717) is 23.3 Å². The van der Waals surface area contributed by atoms with Crippen molar-refractivity contribution in [3.63, 3.8) is 0 Å². The number of H-pyrrole nitrogens is 1. The molecule has 0 aliphatic heterocycles. The molecule has 0 aliphatic rings. The highest BCUT2D eigenvalue weighted by Crippen LogP contribution is 2.12. The third-order valence-electron chi connectivity index (χ3n) is 3.99. The molecule has 7 nitrogen and oxygen atoms in total. The van der Waals surface area contributed by atoms with E-state index in [4.69, 9.17) is 4.74 Å². The van der Waals surface area contributed by atoms with E-state index in [9.17, 15) is 9.59 Å². The van der Waals surface area contributed by atoms with Crippen molar-refractivity contribution in [2.45, 2.75) is 40.3 Å². The molecule has 7 heteroatoms. The molecule has 0 spiro atoms. The second-order valence-electron chi connectivity index (χ2n) is 6.04. The summed E-state index contributed by atoms with van der Waals surface area (Å²) in [6.07, 6.45) is 0.207. The maximum absolute atomic E-state index is 12.1. The largest absolute Gasteiger partial charge is 0.457 e. The summed E-state index contributed by atoms with van der Waals surface area (Å²) < 4.78 is 7.00. The van der Waals surface area contributed by atoms with E-state index in [2.05, 4.69) is 15.1 Å². The van der Waals surface area contributed by atoms with Crippen molar-refractivity contribution < 1.29 is 9.53 Å². The first-order chi connectivity index (χ1) is 11.9. The Kier molecular flexibility index (Phi) is 4.65. The molecule has 1 N–H and O–H groups in total. The number of ether oxygens (including phenoxy) is 1. The minimum Gasteiger partial charge on any atom is -0.457 e. The fraction of sp³-hybridized carbons (Fsp3) is 0.333. The highest BCUT2D eigenvalue weighted by molar-refractivity contribution is 5.80. The fourth-order valence-corrected chi connectivity index (χ4v) is 2.74. The Morgan fingerprint density at radius 2 is 2.08 bits per heavy atom. The second-order valence-corrected chi connectivity index (χ2v) is 6.04. The lowest BCUT2D eigenvalue weighted by Crippen LogP contribution is -2.16. The molecular weight excluding hydrogens is 320 g/mol. The molecule has 0 amide bonds. The number of nitrogens with one attached hydrogen (secondary N) is 1. The van der Waals surface area contributed by atoms with Crippen molar-refractivity contribution in [2.24, 2.45) is 0 Å². The SMILES string of the molecule is Cc1cc(C)n(CCC(=O)OCc2nc3c(C)cccc3c(=O)[nH]2)n1. The Morgan fingerprint density at radius 3 is 2.80 bits per heavy atom. The number of hydrogen-bond acceptors (Lipinski definition) is 5. The van der Waals surface area contributed by atoms with Crippen molar-refractivity contribution in [2.75, 3.05) is 0 Å². The second kappa shape index (κ2) is 6.88. The molecule has 0 atom stereocenters. The van der Waals surface area contributed by atoms with Gasteiger partial charge in [-0.3, -0.25) is 14.3 Å². The minimum absolute atomic E-state index is 0.0601. The summed E-state index contributed by atoms with van der Waals surface area (Å²) in [6, 6.07) is 7.38. The van der Waals surface area contributed by atoms with Gasteiger partial charge in [0.15, 0.2) is 0 Å². The number of aromatic amines is 1. The Balaban J connectivity index is 1.64. The lowest BCUT2D eigenvalue weighted by Gasteiger charge is -2.07. The first-order valence-electron chi connectivity index (χ1n) is 8.09. The summed E-state index contributed by atoms with van der Waals surface area (Å²) >= 11 is 0. The smallest absolute Gasteiger partial charge is 0.308 e. The van der Waals surface area contributed by atoms with Gasteiger partial charge in [-0.25, -0.2) is 4.98 Å². The number of benzene rings is 1. The molecule has 2 heterocycles. The van der Waals surface area contributed by atoms with Gasteiger partial charge in [-0.1, -0.05) is 12.1 Å². The zero-order chi connectivity index (χ0) is 18.0. The Labute approximate surface area is 144 Å². The van der Waals surface area contributed by atoms with Crippen molar-refractivity contribution in [3.8, 4) is 0 Å². The monoisotopic (exact) mass is 340 g/mol. The van der Waals surface area contributed by atoms with E-state index >= 15 is 0 Å². The molecule has 25 heavy (non-hydrogen) atoms. The quantitative estimate of drug-likeness (QED) is 0.719. The number of esters is 1. The van der Waals surface area contributed by atoms with Crippen LogP contribution in [0.1, 0.15) is 29.2 Å². The molecule has 0 saturated carbocycles. The first kappa shape index (κ1) is 16.9. The summed E-state index contributed by atoms with van der Waals surface area (Å²) in [5.74, 6) is -0.0219. The van der Waals surface area contributed by atoms with E-state index in [1.165, 1.54) is 0 Å². The molecule has 0 fully saturated rings. The van der Waals surface area contributed by atoms with Crippen LogP contribution in [0.5, 0.6) is 0 Å². The molecule has 1 aromatic carbocycles. The zero-order valence-corrected chi connectivity index (χ0v) is 14.5. The highest BCUT2D eigenvalue weighted by Gasteiger charge is 2.10. The maximum Gasteiger partial charge on any atom is 0.308 e. The van der Waals surface area contributed by atoms with Crippen LogP contribution in [-0.4, -0.2) is 25.7 Å². The number of hydrogen-bond donors (Lipinski definition) is 1. The normalized spacial score (nSPS) is 11.0. The summed E-state index contributed by atoms with van der Waals surface area (Å²) in [5.41, 5.74) is 3.21. The van der Waals surface area contributed by atoms with Crippen LogP contribution in [-0.2, 0) is 22.7 Å². The van der Waals surface area contributed by atoms with Gasteiger partial charge in [0.2, 0.25) is 0 Å². The average molecular weight is 340 g/mol. The fourth-order valence-electron chi connectivity index (χ4n) is 2.74. The predicted octanol–water partition coefficient (Wildman–Crippen LogP) is 2.18. The summed E-state index contributed by atoms with van der Waals surface area (Å²) in [6.45, 7) is 6.14. The zero-order valence-electron chi connectivity index (χ0n) is 14.5. The van der Waals surface area contributed by atoms with Gasteiger partial charge in [0, 0.05) is 5.69 Å². The van der Waals surface area contributed by atoms with Crippen molar-refractivity contribution in [1.82, 2.24) is 19.7 Å². The maximum atomic E-state index is 12.1. The van der Waals surface area contributed by atoms with Crippen molar-refractivity contribution >= 4 is 16.9 Å². The molecule has 0 saturated heterocycles. The number of aryl methyl sites for hydroxylation is 4. The van der Waals surface area contributed by atoms with Crippen LogP contribution >= 0.6 is 0 Å². The molecule has 2 aromatic heterocycles. The number of para-hydroxylation sites is 1. The van der Waals surface area contributed by atoms with E-state index in [0.717, 1.165) is 17.0 Å². The summed E-state index contributed by atoms with van der Waals surface area (Å²) in [4.78, 5) is 31.1. The lowest BCUT2D eigenvalue weighted by molar-refractivity contribution is -0.145. The van der Waals surface area contributed by atoms with E-state index < -0.39 is 0 Å². The number of fused-ring (bicyclic) bond motifs is 1. The predicted molar refractivity (Wildman–Crippen MR) is 93.2 cm³/mol. The Hall–Kier alpha value is -2.96. The Morgan fingerprint density at radius 1 is 1.28 bits per heavy atom. The van der Waals surface area contributed by atoms with Crippen molar-refractivity contribution in [3.05, 3.63) is 57.4 Å². The average Bonchev–Trinajstić information content (AvgIpc) is 2.89. The van der Waals surface area contributed by atoms with E-state index in [1.807, 2.05) is 39.0 Å². The van der Waals surface area contributed by atoms with Crippen LogP contribution in [0.3, 0.4) is 0 Å². The van der Waals surface area contributed by atoms with Gasteiger partial charge in [-0.15, -0.1) is 0 Å². The van der Waals surface area contributed by atoms with Crippen molar-refractivity contribution in [1.29, 1.82) is 0 Å². The number of rotatable bonds is 5. The van der Waals surface area contributed by atoms with Crippen LogP contribution in [0.25, 0.3) is 10.9 Å². The van der Waals surface area contributed by atoms with Gasteiger partial charge in [0.1, 0.15) is 12.4 Å². The van der Waals surface area contributed by atoms with Crippen LogP contribution in [0.4, 0.5) is 0 Å². The third-order valence-corrected chi connectivity index (χ3v) is 3.99. The minimum atomic E-state index is -0.361. The van der Waals surface area contributed by atoms with Gasteiger partial charge in [0.05, 0.1) is 29.6 Å². The lowest BCUT2D eigenvalue weighted by atomic mass is 10.1. The number of aromatic nitrogens is 4. The van der Waals surface area contributed by atoms with Crippen LogP contribution in [0.15, 0.2) is 29.1 Å². The van der Waals surface area contributed by atoms with Crippen LogP contribution in [0.2, 0.25) is 0 Å². The molecule has 0 radical (unpaired) electrons. The molecule has 0 unspecified atom stereocenters. The standard InChI is InChI=1S/C18H20N4O3/c1-11-5-4-6-14-17(11)19-15(20-18(14)24)10-25-16(23)7-8-22-13(3)9-12(2)21-22/h4-6,9H,7-8,10H2,1-3H3,(H,19,20,24). The van der Waals surface area contributed by atoms with Gasteiger partial charge in [0.25, 0.3) is 5.56 Å². The van der Waals surface area contributed by atoms with Gasteiger partial charge < -0.3 is 9.72 Å². The molecule has 130 valence electrons. The highest BCUT2D eigenvalue weighted by atomic mass is 16.5. The molecule has 0 bridgehead atoms. The molecule has 3 aromatic rings. The Bertz CT molecular complexity index is 988. The first-order valence-corrected chi connectivity index (χ1v) is 8.09. The van der Waals surface area contributed by atoms with Gasteiger partial charge >= 0.3 is 5.97 Å². The van der Waals surface area contributed by atoms with E-state index in [1.54, 1.807) is 10.7 Å².